The van der Waals surface area contributed by atoms with E-state index in [1.54, 1.807) is 0 Å². The van der Waals surface area contributed by atoms with Crippen molar-refractivity contribution in [3.05, 3.63) is 82.7 Å². The molecule has 4 rings (SSSR count). The molecule has 0 spiro atoms. The Labute approximate surface area is 171 Å². The molecule has 0 saturated carbocycles. The first kappa shape index (κ1) is 19.0. The van der Waals surface area contributed by atoms with E-state index in [4.69, 9.17) is 4.74 Å². The molecule has 1 heterocycles. The molecule has 2 aromatic carbocycles. The van der Waals surface area contributed by atoms with Gasteiger partial charge in [0.05, 0.1) is 17.6 Å². The molecule has 1 aliphatic carbocycles. The summed E-state index contributed by atoms with van der Waals surface area (Å²) in [5, 5.41) is 13.2. The zero-order valence-electron chi connectivity index (χ0n) is 17.0. The Bertz CT molecular complexity index is 1070. The maximum absolute atomic E-state index is 13.1. The van der Waals surface area contributed by atoms with Gasteiger partial charge in [-0.15, -0.1) is 0 Å². The first-order chi connectivity index (χ1) is 13.9. The molecule has 0 saturated heterocycles. The van der Waals surface area contributed by atoms with Crippen molar-refractivity contribution in [2.45, 2.75) is 39.5 Å². The van der Waals surface area contributed by atoms with Crippen LogP contribution in [0, 0.1) is 16.7 Å². The summed E-state index contributed by atoms with van der Waals surface area (Å²) < 4.78 is 5.99. The lowest BCUT2D eigenvalue weighted by Crippen LogP contribution is -2.36. The molecule has 1 aliphatic heterocycles. The predicted octanol–water partition coefficient (Wildman–Crippen LogP) is 5.61. The summed E-state index contributed by atoms with van der Waals surface area (Å²) >= 11 is 0. The van der Waals surface area contributed by atoms with E-state index in [1.807, 2.05) is 61.5 Å². The van der Waals surface area contributed by atoms with Crippen LogP contribution in [0.3, 0.4) is 0 Å². The lowest BCUT2D eigenvalue weighted by atomic mass is 9.69. The monoisotopic (exact) mass is 384 g/mol. The fourth-order valence-electron chi connectivity index (χ4n) is 4.30. The Morgan fingerprint density at radius 1 is 1.07 bits per heavy atom. The summed E-state index contributed by atoms with van der Waals surface area (Å²) in [5.74, 6) is 1.19. The molecule has 1 atom stereocenters. The summed E-state index contributed by atoms with van der Waals surface area (Å²) in [7, 11) is 0. The number of rotatable bonds is 3. The number of dihydropyridines is 1. The van der Waals surface area contributed by atoms with Crippen molar-refractivity contribution < 1.29 is 9.53 Å². The van der Waals surface area contributed by atoms with Crippen LogP contribution in [-0.2, 0) is 4.79 Å². The van der Waals surface area contributed by atoms with Crippen LogP contribution in [0.5, 0.6) is 11.5 Å². The molecule has 0 unspecified atom stereocenters. The third-order valence-electron chi connectivity index (χ3n) is 5.53. The molecule has 29 heavy (non-hydrogen) atoms. The molecule has 0 amide bonds. The number of nitrogens with zero attached hydrogens (tertiary/aromatic N) is 1. The van der Waals surface area contributed by atoms with E-state index in [-0.39, 0.29) is 17.1 Å². The minimum atomic E-state index is -0.362. The number of para-hydroxylation sites is 1. The third kappa shape index (κ3) is 3.69. The largest absolute Gasteiger partial charge is 0.457 e. The first-order valence-electron chi connectivity index (χ1n) is 9.85. The molecule has 4 nitrogen and oxygen atoms in total. The van der Waals surface area contributed by atoms with E-state index in [1.165, 1.54) is 0 Å². The standard InChI is InChI=1S/C25H24N2O2/c1-16-20(15-26)23(24-21(27-16)13-25(2,3)14-22(24)28)17-8-7-11-19(12-17)29-18-9-5-4-6-10-18/h4-12,23,27H,13-14H2,1-3H3/t23-/m0/s1. The highest BCUT2D eigenvalue weighted by molar-refractivity contribution is 6.00. The number of allylic oxidation sites excluding steroid dienone is 4. The van der Waals surface area contributed by atoms with Crippen molar-refractivity contribution in [2.24, 2.45) is 5.41 Å². The number of nitrogens with one attached hydrogen (secondary N) is 1. The van der Waals surface area contributed by atoms with Crippen molar-refractivity contribution in [3.8, 4) is 17.6 Å². The fraction of sp³-hybridized carbons (Fsp3) is 0.280. The Hall–Kier alpha value is -3.32. The lowest BCUT2D eigenvalue weighted by molar-refractivity contribution is -0.118. The van der Waals surface area contributed by atoms with Gasteiger partial charge in [-0.25, -0.2) is 0 Å². The number of carbonyl (C=O) groups excluding carboxylic acids is 1. The van der Waals surface area contributed by atoms with Crippen molar-refractivity contribution in [1.82, 2.24) is 5.32 Å². The second-order valence-electron chi connectivity index (χ2n) is 8.53. The molecule has 2 aliphatic rings. The average molecular weight is 384 g/mol. The molecular formula is C25H24N2O2. The zero-order valence-corrected chi connectivity index (χ0v) is 17.0. The van der Waals surface area contributed by atoms with Crippen molar-refractivity contribution in [3.63, 3.8) is 0 Å². The van der Waals surface area contributed by atoms with Gasteiger partial charge in [0.1, 0.15) is 11.5 Å². The van der Waals surface area contributed by atoms with Gasteiger partial charge in [-0.3, -0.25) is 4.79 Å². The highest BCUT2D eigenvalue weighted by atomic mass is 16.5. The number of nitriles is 1. The van der Waals surface area contributed by atoms with Gasteiger partial charge < -0.3 is 10.1 Å². The molecule has 146 valence electrons. The smallest absolute Gasteiger partial charge is 0.162 e. The number of benzene rings is 2. The van der Waals surface area contributed by atoms with Gasteiger partial charge in [-0.05, 0) is 48.6 Å². The first-order valence-corrected chi connectivity index (χ1v) is 9.85. The van der Waals surface area contributed by atoms with E-state index in [0.717, 1.165) is 34.7 Å². The van der Waals surface area contributed by atoms with Crippen LogP contribution in [0.2, 0.25) is 0 Å². The summed E-state index contributed by atoms with van der Waals surface area (Å²) in [4.78, 5) is 13.1. The fourth-order valence-corrected chi connectivity index (χ4v) is 4.30. The second-order valence-corrected chi connectivity index (χ2v) is 8.53. The molecule has 2 aromatic rings. The van der Waals surface area contributed by atoms with Crippen LogP contribution in [0.25, 0.3) is 0 Å². The topological polar surface area (TPSA) is 62.1 Å². The third-order valence-corrected chi connectivity index (χ3v) is 5.53. The minimum Gasteiger partial charge on any atom is -0.457 e. The summed E-state index contributed by atoms with van der Waals surface area (Å²) in [6.45, 7) is 6.13. The highest BCUT2D eigenvalue weighted by Crippen LogP contribution is 2.46. The summed E-state index contributed by atoms with van der Waals surface area (Å²) in [6, 6.07) is 19.6. The van der Waals surface area contributed by atoms with Gasteiger partial charge in [0.2, 0.25) is 0 Å². The Morgan fingerprint density at radius 3 is 2.52 bits per heavy atom. The van der Waals surface area contributed by atoms with Crippen LogP contribution in [0.4, 0.5) is 0 Å². The van der Waals surface area contributed by atoms with Gasteiger partial charge in [0, 0.05) is 23.4 Å². The Morgan fingerprint density at radius 2 is 1.79 bits per heavy atom. The summed E-state index contributed by atoms with van der Waals surface area (Å²) in [5.41, 5.74) is 3.89. The maximum atomic E-state index is 13.1. The van der Waals surface area contributed by atoms with E-state index in [0.29, 0.717) is 17.7 Å². The predicted molar refractivity (Wildman–Crippen MR) is 112 cm³/mol. The number of ether oxygens (including phenoxy) is 1. The molecule has 0 fully saturated rings. The van der Waals surface area contributed by atoms with Crippen LogP contribution >= 0.6 is 0 Å². The number of carbonyl (C=O) groups is 1. The Balaban J connectivity index is 1.78. The van der Waals surface area contributed by atoms with Gasteiger partial charge >= 0.3 is 0 Å². The lowest BCUT2D eigenvalue weighted by Gasteiger charge is -2.38. The summed E-state index contributed by atoms with van der Waals surface area (Å²) in [6.07, 6.45) is 1.28. The highest BCUT2D eigenvalue weighted by Gasteiger charge is 2.41. The van der Waals surface area contributed by atoms with Crippen LogP contribution in [-0.4, -0.2) is 5.78 Å². The van der Waals surface area contributed by atoms with Crippen molar-refractivity contribution in [1.29, 1.82) is 5.26 Å². The van der Waals surface area contributed by atoms with Gasteiger partial charge in [-0.2, -0.15) is 5.26 Å². The van der Waals surface area contributed by atoms with Crippen LogP contribution in [0.1, 0.15) is 45.1 Å². The Kier molecular flexibility index (Phi) is 4.76. The number of Topliss-reactive ketones (excluding diaryl/α,β-unsaturated/α-hetero) is 1. The number of ketones is 1. The normalized spacial score (nSPS) is 20.6. The van der Waals surface area contributed by atoms with Crippen molar-refractivity contribution >= 4 is 5.78 Å². The molecule has 0 bridgehead atoms. The number of hydrogen-bond donors (Lipinski definition) is 1. The van der Waals surface area contributed by atoms with Crippen molar-refractivity contribution in [2.75, 3.05) is 0 Å². The maximum Gasteiger partial charge on any atom is 0.162 e. The molecule has 1 N–H and O–H groups in total. The van der Waals surface area contributed by atoms with E-state index in [9.17, 15) is 10.1 Å². The molecule has 4 heteroatoms. The molecule has 0 aromatic heterocycles. The molecule has 0 radical (unpaired) electrons. The zero-order chi connectivity index (χ0) is 20.6. The van der Waals surface area contributed by atoms with Gasteiger partial charge in [0.25, 0.3) is 0 Å². The van der Waals surface area contributed by atoms with E-state index >= 15 is 0 Å². The molecular weight excluding hydrogens is 360 g/mol. The van der Waals surface area contributed by atoms with Crippen LogP contribution < -0.4 is 10.1 Å². The van der Waals surface area contributed by atoms with E-state index in [2.05, 4.69) is 25.2 Å². The second kappa shape index (κ2) is 7.25. The quantitative estimate of drug-likeness (QED) is 0.747. The average Bonchev–Trinajstić information content (AvgIpc) is 2.67. The number of hydrogen-bond acceptors (Lipinski definition) is 4. The van der Waals surface area contributed by atoms with Gasteiger partial charge in [-0.1, -0.05) is 44.2 Å². The minimum absolute atomic E-state index is 0.0871. The van der Waals surface area contributed by atoms with Crippen LogP contribution in [0.15, 0.2) is 77.1 Å². The van der Waals surface area contributed by atoms with E-state index < -0.39 is 0 Å². The van der Waals surface area contributed by atoms with Gasteiger partial charge in [0.15, 0.2) is 5.78 Å². The SMILES string of the molecule is CC1=C(C#N)[C@H](c2cccc(Oc3ccccc3)c2)C2=C(CC(C)(C)CC2=O)N1.